The van der Waals surface area contributed by atoms with Crippen molar-refractivity contribution in [2.24, 2.45) is 5.73 Å². The largest absolute Gasteiger partial charge is 0.435 e. The smallest absolute Gasteiger partial charge is 0.324 e. The van der Waals surface area contributed by atoms with Gasteiger partial charge < -0.3 is 5.73 Å². The summed E-state index contributed by atoms with van der Waals surface area (Å²) in [6, 6.07) is 7.73. The van der Waals surface area contributed by atoms with Gasteiger partial charge in [0.2, 0.25) is 0 Å². The monoisotopic (exact) mass is 255 g/mol. The first kappa shape index (κ1) is 12.6. The highest BCUT2D eigenvalue weighted by Crippen LogP contribution is 2.28. The molecule has 0 aliphatic carbocycles. The van der Waals surface area contributed by atoms with Crippen LogP contribution in [0, 0.1) is 0 Å². The highest BCUT2D eigenvalue weighted by molar-refractivity contribution is 5.36. The molecule has 0 bridgehead atoms. The number of aromatic nitrogens is 2. The molecule has 0 saturated heterocycles. The average Bonchev–Trinajstić information content (AvgIpc) is 2.78. The van der Waals surface area contributed by atoms with Crippen molar-refractivity contribution in [2.45, 2.75) is 19.1 Å². The van der Waals surface area contributed by atoms with Crippen LogP contribution in [0.2, 0.25) is 0 Å². The maximum atomic E-state index is 12.4. The molecular weight excluding hydrogens is 243 g/mol. The van der Waals surface area contributed by atoms with E-state index in [-0.39, 0.29) is 6.04 Å². The van der Waals surface area contributed by atoms with E-state index in [1.807, 2.05) is 13.0 Å². The molecule has 2 rings (SSSR count). The summed E-state index contributed by atoms with van der Waals surface area (Å²) in [5.41, 5.74) is 6.22. The third-order valence-corrected chi connectivity index (χ3v) is 2.54. The molecule has 0 fully saturated rings. The SMILES string of the molecule is CC(N)c1cccc(-n2ccc(C(F)(F)F)n2)c1. The van der Waals surface area contributed by atoms with E-state index >= 15 is 0 Å². The predicted molar refractivity (Wildman–Crippen MR) is 61.2 cm³/mol. The Morgan fingerprint density at radius 1 is 1.28 bits per heavy atom. The molecule has 0 aliphatic rings. The summed E-state index contributed by atoms with van der Waals surface area (Å²) in [5.74, 6) is 0. The second-order valence-electron chi connectivity index (χ2n) is 4.03. The first-order chi connectivity index (χ1) is 8.38. The van der Waals surface area contributed by atoms with E-state index in [0.717, 1.165) is 11.6 Å². The minimum Gasteiger partial charge on any atom is -0.324 e. The second kappa shape index (κ2) is 4.45. The summed E-state index contributed by atoms with van der Waals surface area (Å²) >= 11 is 0. The number of nitrogens with zero attached hydrogens (tertiary/aromatic N) is 2. The number of hydrogen-bond acceptors (Lipinski definition) is 2. The van der Waals surface area contributed by atoms with Crippen molar-refractivity contribution >= 4 is 0 Å². The van der Waals surface area contributed by atoms with Gasteiger partial charge in [0.1, 0.15) is 0 Å². The molecule has 0 radical (unpaired) electrons. The quantitative estimate of drug-likeness (QED) is 0.896. The molecule has 3 nitrogen and oxygen atoms in total. The van der Waals surface area contributed by atoms with Crippen molar-refractivity contribution < 1.29 is 13.2 Å². The lowest BCUT2D eigenvalue weighted by atomic mass is 10.1. The molecule has 0 spiro atoms. The average molecular weight is 255 g/mol. The van der Waals surface area contributed by atoms with Crippen LogP contribution in [0.25, 0.3) is 5.69 Å². The molecule has 96 valence electrons. The van der Waals surface area contributed by atoms with Gasteiger partial charge in [-0.15, -0.1) is 0 Å². The fraction of sp³-hybridized carbons (Fsp3) is 0.250. The summed E-state index contributed by atoms with van der Waals surface area (Å²) in [6.45, 7) is 1.81. The highest BCUT2D eigenvalue weighted by atomic mass is 19.4. The van der Waals surface area contributed by atoms with E-state index in [9.17, 15) is 13.2 Å². The molecule has 1 atom stereocenters. The Morgan fingerprint density at radius 3 is 2.56 bits per heavy atom. The molecule has 1 heterocycles. The minimum atomic E-state index is -4.43. The van der Waals surface area contributed by atoms with Gasteiger partial charge in [-0.3, -0.25) is 0 Å². The van der Waals surface area contributed by atoms with Gasteiger partial charge in [-0.25, -0.2) is 4.68 Å². The van der Waals surface area contributed by atoms with E-state index in [1.165, 1.54) is 10.9 Å². The summed E-state index contributed by atoms with van der Waals surface area (Å²) in [7, 11) is 0. The van der Waals surface area contributed by atoms with Crippen LogP contribution in [0.15, 0.2) is 36.5 Å². The van der Waals surface area contributed by atoms with Crippen molar-refractivity contribution in [3.05, 3.63) is 47.8 Å². The van der Waals surface area contributed by atoms with Crippen molar-refractivity contribution in [2.75, 3.05) is 0 Å². The molecule has 0 amide bonds. The Hall–Kier alpha value is -1.82. The Balaban J connectivity index is 2.37. The zero-order valence-electron chi connectivity index (χ0n) is 9.65. The van der Waals surface area contributed by atoms with Gasteiger partial charge in [-0.2, -0.15) is 18.3 Å². The molecular formula is C12H12F3N3. The van der Waals surface area contributed by atoms with Gasteiger partial charge in [0.05, 0.1) is 5.69 Å². The normalized spacial score (nSPS) is 13.6. The number of halogens is 3. The molecule has 1 aromatic heterocycles. The van der Waals surface area contributed by atoms with Crippen molar-refractivity contribution in [3.8, 4) is 5.69 Å². The molecule has 0 saturated carbocycles. The second-order valence-corrected chi connectivity index (χ2v) is 4.03. The van der Waals surface area contributed by atoms with E-state index in [1.54, 1.807) is 18.2 Å². The summed E-state index contributed by atoms with van der Waals surface area (Å²) in [5, 5.41) is 3.50. The van der Waals surface area contributed by atoms with E-state index in [0.29, 0.717) is 5.69 Å². The molecule has 1 unspecified atom stereocenters. The summed E-state index contributed by atoms with van der Waals surface area (Å²) < 4.78 is 38.5. The Morgan fingerprint density at radius 2 is 2.00 bits per heavy atom. The van der Waals surface area contributed by atoms with Crippen LogP contribution in [0.4, 0.5) is 13.2 Å². The van der Waals surface area contributed by atoms with Gasteiger partial charge >= 0.3 is 6.18 Å². The lowest BCUT2D eigenvalue weighted by molar-refractivity contribution is -0.141. The first-order valence-corrected chi connectivity index (χ1v) is 5.37. The molecule has 18 heavy (non-hydrogen) atoms. The number of nitrogens with two attached hydrogens (primary N) is 1. The first-order valence-electron chi connectivity index (χ1n) is 5.37. The van der Waals surface area contributed by atoms with Crippen LogP contribution in [0.5, 0.6) is 0 Å². The number of alkyl halides is 3. The Kier molecular flexibility index (Phi) is 3.13. The van der Waals surface area contributed by atoms with Crippen molar-refractivity contribution in [1.29, 1.82) is 0 Å². The molecule has 6 heteroatoms. The topological polar surface area (TPSA) is 43.8 Å². The minimum absolute atomic E-state index is 0.178. The van der Waals surface area contributed by atoms with Crippen LogP contribution in [-0.4, -0.2) is 9.78 Å². The standard InChI is InChI=1S/C12H12F3N3/c1-8(16)9-3-2-4-10(7-9)18-6-5-11(17-18)12(13,14)15/h2-8H,16H2,1H3. The van der Waals surface area contributed by atoms with Crippen molar-refractivity contribution in [3.63, 3.8) is 0 Å². The zero-order chi connectivity index (χ0) is 13.3. The predicted octanol–water partition coefficient (Wildman–Crippen LogP) is 2.91. The molecule has 2 N–H and O–H groups in total. The van der Waals surface area contributed by atoms with Gasteiger partial charge in [-0.1, -0.05) is 12.1 Å². The van der Waals surface area contributed by atoms with Gasteiger partial charge in [0.15, 0.2) is 5.69 Å². The Labute approximate surface area is 102 Å². The van der Waals surface area contributed by atoms with Gasteiger partial charge in [0, 0.05) is 12.2 Å². The molecule has 0 aliphatic heterocycles. The van der Waals surface area contributed by atoms with Gasteiger partial charge in [0.25, 0.3) is 0 Å². The van der Waals surface area contributed by atoms with Gasteiger partial charge in [-0.05, 0) is 30.7 Å². The number of rotatable bonds is 2. The lowest BCUT2D eigenvalue weighted by Crippen LogP contribution is -2.08. The maximum absolute atomic E-state index is 12.4. The highest BCUT2D eigenvalue weighted by Gasteiger charge is 2.33. The van der Waals surface area contributed by atoms with Crippen molar-refractivity contribution in [1.82, 2.24) is 9.78 Å². The third-order valence-electron chi connectivity index (χ3n) is 2.54. The number of benzene rings is 1. The van der Waals surface area contributed by atoms with E-state index in [2.05, 4.69) is 5.10 Å². The van der Waals surface area contributed by atoms with Crippen LogP contribution in [0.1, 0.15) is 24.2 Å². The van der Waals surface area contributed by atoms with E-state index < -0.39 is 11.9 Å². The van der Waals surface area contributed by atoms with Crippen LogP contribution < -0.4 is 5.73 Å². The summed E-state index contributed by atoms with van der Waals surface area (Å²) in [6.07, 6.45) is -3.15. The fourth-order valence-corrected chi connectivity index (χ4v) is 1.57. The zero-order valence-corrected chi connectivity index (χ0v) is 9.65. The number of hydrogen-bond donors (Lipinski definition) is 1. The fourth-order valence-electron chi connectivity index (χ4n) is 1.57. The third kappa shape index (κ3) is 2.53. The van der Waals surface area contributed by atoms with E-state index in [4.69, 9.17) is 5.73 Å². The van der Waals surface area contributed by atoms with Crippen LogP contribution in [0.3, 0.4) is 0 Å². The van der Waals surface area contributed by atoms with Crippen LogP contribution in [-0.2, 0) is 6.18 Å². The Bertz CT molecular complexity index is 543. The summed E-state index contributed by atoms with van der Waals surface area (Å²) in [4.78, 5) is 0. The maximum Gasteiger partial charge on any atom is 0.435 e. The molecule has 1 aromatic carbocycles. The lowest BCUT2D eigenvalue weighted by Gasteiger charge is -2.08. The molecule has 2 aromatic rings. The van der Waals surface area contributed by atoms with Crippen LogP contribution >= 0.6 is 0 Å².